The van der Waals surface area contributed by atoms with Gasteiger partial charge in [0.05, 0.1) is 35.8 Å². The van der Waals surface area contributed by atoms with Crippen LogP contribution in [0.5, 0.6) is 17.2 Å². The lowest BCUT2D eigenvalue weighted by Crippen LogP contribution is -2.42. The molecular weight excluding hydrogens is 869 g/mol. The van der Waals surface area contributed by atoms with Crippen molar-refractivity contribution in [3.8, 4) is 17.2 Å². The van der Waals surface area contributed by atoms with Gasteiger partial charge in [0.25, 0.3) is 5.56 Å². The minimum atomic E-state index is -3.82. The van der Waals surface area contributed by atoms with Crippen LogP contribution in [0.4, 0.5) is 8.78 Å². The van der Waals surface area contributed by atoms with Gasteiger partial charge in [-0.25, -0.2) is 17.2 Å². The number of halogens is 2. The van der Waals surface area contributed by atoms with Crippen molar-refractivity contribution in [3.63, 3.8) is 0 Å². The highest BCUT2D eigenvalue weighted by molar-refractivity contribution is 7.89. The Morgan fingerprint density at radius 3 is 2.30 bits per heavy atom. The van der Waals surface area contributed by atoms with Crippen LogP contribution >= 0.6 is 0 Å². The SMILES string of the molecule is COc1ccc(S(=O)(=O)N(CC(C)C)C[C@H]2OC(C)(C)C[C@H]2Cc2ccc(OCCn3ccn4cc(C(=O)CCc5ccc(F)cc5F)c(=O)c(OCc5ccccc5)c4c3=O)cc2)cc1. The summed E-state index contributed by atoms with van der Waals surface area (Å²) in [5.41, 5.74) is -0.142. The van der Waals surface area contributed by atoms with E-state index in [9.17, 15) is 31.6 Å². The van der Waals surface area contributed by atoms with Crippen molar-refractivity contribution in [3.05, 3.63) is 170 Å². The minimum Gasteiger partial charge on any atom is -0.497 e. The first-order chi connectivity index (χ1) is 31.5. The molecule has 7 rings (SSSR count). The van der Waals surface area contributed by atoms with Gasteiger partial charge in [-0.2, -0.15) is 4.31 Å². The van der Waals surface area contributed by atoms with Crippen LogP contribution < -0.4 is 25.2 Å². The molecule has 1 aliphatic rings. The van der Waals surface area contributed by atoms with Gasteiger partial charge in [-0.15, -0.1) is 0 Å². The molecule has 15 heteroatoms. The van der Waals surface area contributed by atoms with Crippen molar-refractivity contribution in [2.75, 3.05) is 26.8 Å². The number of ketones is 1. The van der Waals surface area contributed by atoms with Gasteiger partial charge in [0, 0.05) is 44.2 Å². The molecule has 2 atom stereocenters. The highest BCUT2D eigenvalue weighted by Crippen LogP contribution is 2.38. The average Bonchev–Trinajstić information content (AvgIpc) is 3.58. The number of nitrogens with zero attached hydrogens (tertiary/aromatic N) is 3. The van der Waals surface area contributed by atoms with Crippen molar-refractivity contribution in [1.82, 2.24) is 13.3 Å². The van der Waals surface area contributed by atoms with Crippen LogP contribution in [0.25, 0.3) is 5.52 Å². The molecular formula is C51H55F2N3O9S. The van der Waals surface area contributed by atoms with Gasteiger partial charge in [-0.1, -0.05) is 62.4 Å². The number of hydrogen-bond acceptors (Lipinski definition) is 9. The van der Waals surface area contributed by atoms with Gasteiger partial charge in [-0.05, 0) is 104 Å². The fourth-order valence-corrected chi connectivity index (χ4v) is 10.0. The number of carbonyl (C=O) groups is 1. The fourth-order valence-electron chi connectivity index (χ4n) is 8.40. The quantitative estimate of drug-likeness (QED) is 0.0694. The van der Waals surface area contributed by atoms with Crippen LogP contribution in [0.3, 0.4) is 0 Å². The van der Waals surface area contributed by atoms with Gasteiger partial charge in [0.1, 0.15) is 36.3 Å². The highest BCUT2D eigenvalue weighted by atomic mass is 32.2. The predicted molar refractivity (Wildman–Crippen MR) is 247 cm³/mol. The van der Waals surface area contributed by atoms with E-state index in [0.29, 0.717) is 24.5 Å². The van der Waals surface area contributed by atoms with E-state index in [1.807, 2.05) is 70.2 Å². The summed E-state index contributed by atoms with van der Waals surface area (Å²) < 4.78 is 83.8. The molecule has 1 saturated heterocycles. The summed E-state index contributed by atoms with van der Waals surface area (Å²) in [6, 6.07) is 26.2. The van der Waals surface area contributed by atoms with Crippen molar-refractivity contribution in [2.45, 2.75) is 83.1 Å². The number of hydrogen-bond donors (Lipinski definition) is 0. The van der Waals surface area contributed by atoms with Crippen molar-refractivity contribution < 1.29 is 40.9 Å². The van der Waals surface area contributed by atoms with Gasteiger partial charge < -0.3 is 27.9 Å². The molecule has 0 N–H and O–H groups in total. The molecule has 0 amide bonds. The van der Waals surface area contributed by atoms with Gasteiger partial charge in [-0.3, -0.25) is 14.4 Å². The second-order valence-electron chi connectivity index (χ2n) is 17.7. The van der Waals surface area contributed by atoms with Crippen LogP contribution in [0.1, 0.15) is 67.6 Å². The number of aromatic nitrogens is 2. The summed E-state index contributed by atoms with van der Waals surface area (Å²) in [5, 5.41) is 0. The number of sulfonamides is 1. The lowest BCUT2D eigenvalue weighted by molar-refractivity contribution is -0.0277. The van der Waals surface area contributed by atoms with E-state index in [1.54, 1.807) is 42.6 Å². The maximum absolute atomic E-state index is 14.3. The summed E-state index contributed by atoms with van der Waals surface area (Å²) in [6.07, 6.45) is 5.13. The van der Waals surface area contributed by atoms with Crippen LogP contribution in [0.2, 0.25) is 0 Å². The van der Waals surface area contributed by atoms with Crippen LogP contribution in [-0.2, 0) is 40.8 Å². The van der Waals surface area contributed by atoms with E-state index in [0.717, 1.165) is 29.7 Å². The Kier molecular flexibility index (Phi) is 14.9. The lowest BCUT2D eigenvalue weighted by Gasteiger charge is -2.29. The molecule has 66 heavy (non-hydrogen) atoms. The number of benzene rings is 4. The number of rotatable bonds is 20. The number of pyridine rings is 1. The molecule has 2 aromatic heterocycles. The zero-order chi connectivity index (χ0) is 47.2. The number of fused-ring (bicyclic) bond motifs is 1. The van der Waals surface area contributed by atoms with E-state index in [1.165, 1.54) is 38.8 Å². The molecule has 1 fully saturated rings. The Morgan fingerprint density at radius 1 is 0.909 bits per heavy atom. The summed E-state index contributed by atoms with van der Waals surface area (Å²) in [7, 11) is -2.28. The van der Waals surface area contributed by atoms with Crippen LogP contribution in [0.15, 0.2) is 130 Å². The standard InChI is InChI=1S/C51H55F2N3O9S/c1-34(2)30-56(66(60,61)42-20-18-40(62-5)19-21-42)32-46-38(29-51(3,4)65-46)27-35-11-16-41(17-12-35)63-26-25-54-23-24-55-31-43(45(57)22-14-37-13-15-39(52)28-44(37)53)48(58)49(47(55)50(54)59)64-33-36-9-7-6-8-10-36/h6-13,15-21,23-24,28,31,34,38,46H,14,22,25-27,29-30,32-33H2,1-5H3/t38-,46-/m1/s1. The molecule has 6 aromatic rings. The number of Topliss-reactive ketones (excluding diaryl/α,β-unsaturated/α-hetero) is 1. The van der Waals surface area contributed by atoms with Gasteiger partial charge >= 0.3 is 0 Å². The van der Waals surface area contributed by atoms with Crippen LogP contribution in [-0.4, -0.2) is 66.0 Å². The number of ether oxygens (including phenoxy) is 4. The summed E-state index contributed by atoms with van der Waals surface area (Å²) >= 11 is 0. The second kappa shape index (κ2) is 20.6. The summed E-state index contributed by atoms with van der Waals surface area (Å²) in [4.78, 5) is 41.6. The lowest BCUT2D eigenvalue weighted by atomic mass is 9.88. The van der Waals surface area contributed by atoms with Crippen molar-refractivity contribution in [2.24, 2.45) is 11.8 Å². The van der Waals surface area contributed by atoms with Crippen molar-refractivity contribution in [1.29, 1.82) is 0 Å². The number of methoxy groups -OCH3 is 1. The first-order valence-corrected chi connectivity index (χ1v) is 23.4. The Labute approximate surface area is 383 Å². The second-order valence-corrected chi connectivity index (χ2v) is 19.6. The third kappa shape index (κ3) is 11.4. The first-order valence-electron chi connectivity index (χ1n) is 22.0. The molecule has 12 nitrogen and oxygen atoms in total. The van der Waals surface area contributed by atoms with E-state index in [4.69, 9.17) is 18.9 Å². The van der Waals surface area contributed by atoms with Crippen LogP contribution in [0, 0.1) is 23.5 Å². The molecule has 4 aromatic carbocycles. The average molecular weight is 924 g/mol. The monoisotopic (exact) mass is 923 g/mol. The van der Waals surface area contributed by atoms with E-state index < -0.39 is 44.0 Å². The Balaban J connectivity index is 1.03. The molecule has 0 bridgehead atoms. The molecule has 0 spiro atoms. The normalized spacial score (nSPS) is 16.0. The van der Waals surface area contributed by atoms with Gasteiger partial charge in [0.2, 0.25) is 15.5 Å². The summed E-state index contributed by atoms with van der Waals surface area (Å²) in [6.45, 7) is 8.78. The van der Waals surface area contributed by atoms with Crippen molar-refractivity contribution >= 4 is 21.3 Å². The Morgan fingerprint density at radius 2 is 1.62 bits per heavy atom. The highest BCUT2D eigenvalue weighted by Gasteiger charge is 2.42. The Hall–Kier alpha value is -6.16. The van der Waals surface area contributed by atoms with E-state index >= 15 is 0 Å². The molecule has 0 aliphatic carbocycles. The molecule has 0 radical (unpaired) electrons. The fraction of sp³-hybridized carbons (Fsp3) is 0.353. The molecule has 348 valence electrons. The maximum Gasteiger partial charge on any atom is 0.278 e. The topological polar surface area (TPSA) is 135 Å². The molecule has 1 aliphatic heterocycles. The van der Waals surface area contributed by atoms with Gasteiger partial charge in [0.15, 0.2) is 17.0 Å². The number of aryl methyl sites for hydroxylation is 1. The zero-order valence-corrected chi connectivity index (χ0v) is 38.6. The molecule has 3 heterocycles. The molecule has 0 unspecified atom stereocenters. The van der Waals surface area contributed by atoms with E-state index in [2.05, 4.69) is 0 Å². The number of carbonyl (C=O) groups excluding carboxylic acids is 1. The Bertz CT molecular complexity index is 2880. The first kappa shape index (κ1) is 47.8. The summed E-state index contributed by atoms with van der Waals surface area (Å²) in [5.74, 6) is -1.12. The largest absolute Gasteiger partial charge is 0.497 e. The zero-order valence-electron chi connectivity index (χ0n) is 37.7. The predicted octanol–water partition coefficient (Wildman–Crippen LogP) is 8.29. The smallest absolute Gasteiger partial charge is 0.278 e. The third-order valence-electron chi connectivity index (χ3n) is 11.6. The molecule has 0 saturated carbocycles. The van der Waals surface area contributed by atoms with E-state index in [-0.39, 0.29) is 84.4 Å². The third-order valence-corrected chi connectivity index (χ3v) is 13.5. The maximum atomic E-state index is 14.3. The minimum absolute atomic E-state index is 0.0431.